The number of anilines is 1. The maximum Gasteiger partial charge on any atom is 0.404 e. The number of methoxy groups -OCH3 is 1. The van der Waals surface area contributed by atoms with E-state index in [2.05, 4.69) is 15.5 Å². The quantitative estimate of drug-likeness (QED) is 0.391. The summed E-state index contributed by atoms with van der Waals surface area (Å²) in [5.74, 6) is -0.914. The maximum atomic E-state index is 13.0. The van der Waals surface area contributed by atoms with E-state index >= 15 is 0 Å². The summed E-state index contributed by atoms with van der Waals surface area (Å²) >= 11 is 0. The molecule has 1 aliphatic heterocycles. The van der Waals surface area contributed by atoms with Gasteiger partial charge >= 0.3 is 12.1 Å². The van der Waals surface area contributed by atoms with Gasteiger partial charge in [-0.3, -0.25) is 14.3 Å². The molecule has 14 nitrogen and oxygen atoms in total. The van der Waals surface area contributed by atoms with Crippen molar-refractivity contribution in [3.8, 4) is 0 Å². The fraction of sp³-hybridized carbons (Fsp3) is 0.571. The number of nitrogens with zero attached hydrogens (tertiary/aromatic N) is 4. The summed E-state index contributed by atoms with van der Waals surface area (Å²) in [5.41, 5.74) is 12.3. The number of amides is 2. The fourth-order valence-corrected chi connectivity index (χ4v) is 3.47. The summed E-state index contributed by atoms with van der Waals surface area (Å²) in [7, 11) is 3.17. The van der Waals surface area contributed by atoms with Gasteiger partial charge in [0.1, 0.15) is 29.8 Å². The summed E-state index contributed by atoms with van der Waals surface area (Å²) in [6.07, 6.45) is -1.60. The van der Waals surface area contributed by atoms with Crippen LogP contribution in [0.4, 0.5) is 10.6 Å². The molecule has 0 aromatic carbocycles. The zero-order chi connectivity index (χ0) is 25.7. The summed E-state index contributed by atoms with van der Waals surface area (Å²) < 4.78 is 23.8. The van der Waals surface area contributed by atoms with Crippen LogP contribution in [0.2, 0.25) is 0 Å². The van der Waals surface area contributed by atoms with Crippen LogP contribution in [0.3, 0.4) is 0 Å². The second-order valence-electron chi connectivity index (χ2n) is 8.46. The predicted molar refractivity (Wildman–Crippen MR) is 121 cm³/mol. The monoisotopic (exact) mass is 493 g/mol. The van der Waals surface area contributed by atoms with Crippen LogP contribution >= 0.6 is 0 Å². The second-order valence-corrected chi connectivity index (χ2v) is 8.46. The first-order chi connectivity index (χ1) is 16.6. The Kier molecular flexibility index (Phi) is 8.43. The number of hydrogen-bond acceptors (Lipinski definition) is 10. The van der Waals surface area contributed by atoms with Crippen molar-refractivity contribution >= 4 is 23.8 Å². The minimum absolute atomic E-state index is 0.116. The molecular formula is C21H31N7O7. The lowest BCUT2D eigenvalue weighted by Crippen LogP contribution is -2.37. The molecular weight excluding hydrogens is 462 g/mol. The number of hydrogen-bond donors (Lipinski definition) is 3. The number of rotatable bonds is 10. The Morgan fingerprint density at radius 2 is 2.03 bits per heavy atom. The third-order valence-corrected chi connectivity index (χ3v) is 5.39. The van der Waals surface area contributed by atoms with Gasteiger partial charge in [0.2, 0.25) is 0 Å². The average molecular weight is 494 g/mol. The second kappa shape index (κ2) is 11.3. The zero-order valence-corrected chi connectivity index (χ0v) is 20.1. The van der Waals surface area contributed by atoms with Crippen molar-refractivity contribution in [3.05, 3.63) is 29.2 Å². The number of primary amides is 1. The first-order valence-corrected chi connectivity index (χ1v) is 11.0. The van der Waals surface area contributed by atoms with Gasteiger partial charge in [-0.15, -0.1) is 0 Å². The van der Waals surface area contributed by atoms with Crippen LogP contribution in [0.1, 0.15) is 48.2 Å². The van der Waals surface area contributed by atoms with Gasteiger partial charge in [0.25, 0.3) is 5.91 Å². The molecule has 5 N–H and O–H groups in total. The minimum Gasteiger partial charge on any atom is -0.444 e. The Labute approximate surface area is 201 Å². The van der Waals surface area contributed by atoms with Gasteiger partial charge in [-0.05, 0) is 12.0 Å². The van der Waals surface area contributed by atoms with E-state index in [1.807, 2.05) is 0 Å². The Morgan fingerprint density at radius 1 is 1.29 bits per heavy atom. The molecule has 0 radical (unpaired) electrons. The van der Waals surface area contributed by atoms with Gasteiger partial charge in [-0.25, -0.2) is 9.48 Å². The zero-order valence-electron chi connectivity index (χ0n) is 20.1. The van der Waals surface area contributed by atoms with E-state index in [1.54, 1.807) is 33.0 Å². The van der Waals surface area contributed by atoms with Crippen molar-refractivity contribution in [1.29, 1.82) is 0 Å². The van der Waals surface area contributed by atoms with Crippen LogP contribution < -0.4 is 16.8 Å². The molecule has 3 rings (SSSR count). The van der Waals surface area contributed by atoms with Crippen molar-refractivity contribution in [2.75, 3.05) is 19.0 Å². The Morgan fingerprint density at radius 3 is 2.69 bits per heavy atom. The molecule has 1 aliphatic rings. The van der Waals surface area contributed by atoms with E-state index in [1.165, 1.54) is 16.5 Å². The van der Waals surface area contributed by atoms with Crippen LogP contribution in [-0.4, -0.2) is 63.4 Å². The number of nitrogens with two attached hydrogens (primary N) is 2. The fourth-order valence-electron chi connectivity index (χ4n) is 3.47. The van der Waals surface area contributed by atoms with E-state index in [9.17, 15) is 14.4 Å². The highest BCUT2D eigenvalue weighted by Crippen LogP contribution is 2.31. The smallest absolute Gasteiger partial charge is 0.404 e. The molecule has 0 aliphatic carbocycles. The van der Waals surface area contributed by atoms with Crippen LogP contribution in [0.25, 0.3) is 0 Å². The molecule has 3 heterocycles. The molecule has 14 heteroatoms. The highest BCUT2D eigenvalue weighted by atomic mass is 16.6. The molecule has 2 amide bonds. The third-order valence-electron chi connectivity index (χ3n) is 5.39. The van der Waals surface area contributed by atoms with Crippen LogP contribution in [0.5, 0.6) is 0 Å². The average Bonchev–Trinajstić information content (AvgIpc) is 3.50. The highest BCUT2D eigenvalue weighted by Gasteiger charge is 2.32. The number of esters is 1. The van der Waals surface area contributed by atoms with Crippen LogP contribution in [0, 0.1) is 5.92 Å². The van der Waals surface area contributed by atoms with Crippen molar-refractivity contribution in [3.63, 3.8) is 0 Å². The van der Waals surface area contributed by atoms with E-state index in [-0.39, 0.29) is 37.4 Å². The lowest BCUT2D eigenvalue weighted by Gasteiger charge is -2.15. The number of nitrogens with one attached hydrogen (secondary N) is 1. The van der Waals surface area contributed by atoms with Gasteiger partial charge in [-0.2, -0.15) is 10.2 Å². The maximum absolute atomic E-state index is 13.0. The van der Waals surface area contributed by atoms with Crippen LogP contribution in [0.15, 0.2) is 12.1 Å². The number of aromatic nitrogens is 4. The van der Waals surface area contributed by atoms with E-state index in [0.717, 1.165) is 0 Å². The van der Waals surface area contributed by atoms with Gasteiger partial charge in [0.05, 0.1) is 24.6 Å². The van der Waals surface area contributed by atoms with Gasteiger partial charge in [0, 0.05) is 26.6 Å². The number of aryl methyl sites for hydroxylation is 1. The molecule has 3 atom stereocenters. The van der Waals surface area contributed by atoms with E-state index in [4.69, 9.17) is 30.4 Å². The summed E-state index contributed by atoms with van der Waals surface area (Å²) in [5, 5.41) is 11.4. The number of carbonyl (C=O) groups excluding carboxylic acids is 3. The first kappa shape index (κ1) is 26.1. The SMILES string of the molecule is COCc1cc(C(=O)Nc2cc([C@H]3C[C@@H](OC(N)=O)CO3)nn2COC(=O)[C@@H](N)C(C)C)n(C)n1. The van der Waals surface area contributed by atoms with Gasteiger partial charge in [0.15, 0.2) is 6.73 Å². The molecule has 0 saturated carbocycles. The number of carbonyl (C=O) groups is 3. The first-order valence-electron chi connectivity index (χ1n) is 11.0. The molecule has 2 aromatic heterocycles. The van der Waals surface area contributed by atoms with Crippen molar-refractivity contribution < 1.29 is 33.3 Å². The summed E-state index contributed by atoms with van der Waals surface area (Å²) in [6, 6.07) is 2.40. The molecule has 1 fully saturated rings. The lowest BCUT2D eigenvalue weighted by molar-refractivity contribution is -0.150. The molecule has 0 bridgehead atoms. The molecule has 0 spiro atoms. The Balaban J connectivity index is 1.80. The molecule has 0 unspecified atom stereocenters. The molecule has 1 saturated heterocycles. The van der Waals surface area contributed by atoms with Crippen molar-refractivity contribution in [1.82, 2.24) is 19.6 Å². The van der Waals surface area contributed by atoms with E-state index < -0.39 is 36.2 Å². The normalized spacial score (nSPS) is 18.5. The Hall–Kier alpha value is -3.49. The van der Waals surface area contributed by atoms with Gasteiger partial charge in [-0.1, -0.05) is 13.8 Å². The summed E-state index contributed by atoms with van der Waals surface area (Å²) in [4.78, 5) is 36.2. The van der Waals surface area contributed by atoms with E-state index in [0.29, 0.717) is 17.8 Å². The van der Waals surface area contributed by atoms with Crippen molar-refractivity contribution in [2.24, 2.45) is 24.4 Å². The molecule has 35 heavy (non-hydrogen) atoms. The Bertz CT molecular complexity index is 1060. The lowest BCUT2D eigenvalue weighted by atomic mass is 10.1. The van der Waals surface area contributed by atoms with Crippen LogP contribution in [-0.2, 0) is 44.1 Å². The van der Waals surface area contributed by atoms with Gasteiger partial charge < -0.3 is 35.7 Å². The minimum atomic E-state index is -0.893. The van der Waals surface area contributed by atoms with Crippen molar-refractivity contribution in [2.45, 2.75) is 51.9 Å². The predicted octanol–water partition coefficient (Wildman–Crippen LogP) is 0.425. The highest BCUT2D eigenvalue weighted by molar-refractivity contribution is 6.02. The molecule has 2 aromatic rings. The molecule has 192 valence electrons. The summed E-state index contributed by atoms with van der Waals surface area (Å²) in [6.45, 7) is 3.72. The topological polar surface area (TPSA) is 188 Å². The standard InChI is InChI=1S/C21H31N7O7/c1-11(2)18(22)20(30)34-10-28-17(24-19(29)15-5-12(8-32-4)25-27(15)3)7-14(26-28)16-6-13(9-33-16)35-21(23)31/h5,7,11,13,16,18H,6,8-10,22H2,1-4H3,(H2,23,31)(H,24,29)/t13-,16-,18+/m1/s1. The third kappa shape index (κ3) is 6.55. The largest absolute Gasteiger partial charge is 0.444 e. The number of ether oxygens (including phenoxy) is 4.